The van der Waals surface area contributed by atoms with Crippen LogP contribution in [0.2, 0.25) is 0 Å². The van der Waals surface area contributed by atoms with Crippen LogP contribution in [0.5, 0.6) is 11.5 Å². The Bertz CT molecular complexity index is 695. The van der Waals surface area contributed by atoms with Gasteiger partial charge in [-0.05, 0) is 17.7 Å². The maximum atomic E-state index is 12.6. The zero-order valence-corrected chi connectivity index (χ0v) is 13.8. The van der Waals surface area contributed by atoms with E-state index in [2.05, 4.69) is 17.0 Å². The maximum Gasteiger partial charge on any atom is 0.257 e. The largest absolute Gasteiger partial charge is 0.504 e. The molecule has 0 aliphatic carbocycles. The Kier molecular flexibility index (Phi) is 5.01. The van der Waals surface area contributed by atoms with E-state index in [1.165, 1.54) is 12.7 Å². The van der Waals surface area contributed by atoms with Crippen LogP contribution < -0.4 is 4.74 Å². The van der Waals surface area contributed by atoms with E-state index in [0.29, 0.717) is 24.4 Å². The van der Waals surface area contributed by atoms with Crippen molar-refractivity contribution >= 4 is 5.91 Å². The van der Waals surface area contributed by atoms with E-state index >= 15 is 0 Å². The molecular weight excluding hydrogens is 304 g/mol. The summed E-state index contributed by atoms with van der Waals surface area (Å²) in [7, 11) is 1.48. The zero-order valence-electron chi connectivity index (χ0n) is 13.8. The predicted octanol–water partition coefficient (Wildman–Crippen LogP) is 2.36. The molecule has 1 N–H and O–H groups in total. The van der Waals surface area contributed by atoms with E-state index in [9.17, 15) is 9.90 Å². The quantitative estimate of drug-likeness (QED) is 0.937. The van der Waals surface area contributed by atoms with Crippen molar-refractivity contribution in [3.63, 3.8) is 0 Å². The van der Waals surface area contributed by atoms with Gasteiger partial charge in [0, 0.05) is 32.7 Å². The molecule has 0 saturated carbocycles. The highest BCUT2D eigenvalue weighted by Gasteiger charge is 2.25. The van der Waals surface area contributed by atoms with Crippen LogP contribution >= 0.6 is 0 Å². The molecule has 1 saturated heterocycles. The minimum atomic E-state index is -0.147. The van der Waals surface area contributed by atoms with Crippen LogP contribution in [0.25, 0.3) is 0 Å². The fourth-order valence-electron chi connectivity index (χ4n) is 2.98. The van der Waals surface area contributed by atoms with E-state index in [1.807, 2.05) is 18.2 Å². The summed E-state index contributed by atoms with van der Waals surface area (Å²) in [6.07, 6.45) is 0. The number of benzene rings is 2. The number of hydrogen-bond donors (Lipinski definition) is 1. The number of aromatic hydroxyl groups is 1. The number of methoxy groups -OCH3 is 1. The van der Waals surface area contributed by atoms with Crippen molar-refractivity contribution in [1.82, 2.24) is 9.80 Å². The van der Waals surface area contributed by atoms with Crippen LogP contribution in [0, 0.1) is 0 Å². The first kappa shape index (κ1) is 16.3. The third-order valence-electron chi connectivity index (χ3n) is 4.36. The fourth-order valence-corrected chi connectivity index (χ4v) is 2.98. The van der Waals surface area contributed by atoms with E-state index in [-0.39, 0.29) is 11.7 Å². The second-order valence-electron chi connectivity index (χ2n) is 5.91. The van der Waals surface area contributed by atoms with Crippen molar-refractivity contribution in [3.8, 4) is 11.5 Å². The van der Waals surface area contributed by atoms with Crippen molar-refractivity contribution in [2.24, 2.45) is 0 Å². The lowest BCUT2D eigenvalue weighted by molar-refractivity contribution is 0.0625. The van der Waals surface area contributed by atoms with Crippen molar-refractivity contribution in [2.45, 2.75) is 6.54 Å². The number of phenolic OH excluding ortho intramolecular Hbond substituents is 1. The molecular formula is C19H22N2O3. The molecule has 0 radical (unpaired) electrons. The van der Waals surface area contributed by atoms with Gasteiger partial charge < -0.3 is 14.7 Å². The maximum absolute atomic E-state index is 12.6. The first-order valence-corrected chi connectivity index (χ1v) is 8.10. The number of piperazine rings is 1. The molecule has 1 amide bonds. The number of phenols is 1. The number of hydrogen-bond acceptors (Lipinski definition) is 4. The third-order valence-corrected chi connectivity index (χ3v) is 4.36. The molecule has 1 aliphatic heterocycles. The Balaban J connectivity index is 1.61. The summed E-state index contributed by atoms with van der Waals surface area (Å²) < 4.78 is 5.08. The fraction of sp³-hybridized carbons (Fsp3) is 0.316. The summed E-state index contributed by atoms with van der Waals surface area (Å²) in [5.41, 5.74) is 1.58. The van der Waals surface area contributed by atoms with E-state index in [1.54, 1.807) is 23.1 Å². The Hall–Kier alpha value is -2.53. The van der Waals surface area contributed by atoms with Gasteiger partial charge in [0.05, 0.1) is 12.7 Å². The number of ether oxygens (including phenoxy) is 1. The Labute approximate surface area is 142 Å². The molecule has 1 heterocycles. The molecule has 2 aromatic carbocycles. The van der Waals surface area contributed by atoms with Crippen LogP contribution in [-0.2, 0) is 6.54 Å². The number of para-hydroxylation sites is 1. The van der Waals surface area contributed by atoms with E-state index in [4.69, 9.17) is 4.74 Å². The summed E-state index contributed by atoms with van der Waals surface area (Å²) in [4.78, 5) is 16.8. The molecule has 0 unspecified atom stereocenters. The van der Waals surface area contributed by atoms with Gasteiger partial charge in [0.1, 0.15) is 0 Å². The summed E-state index contributed by atoms with van der Waals surface area (Å²) in [5, 5.41) is 10.2. The van der Waals surface area contributed by atoms with Crippen LogP contribution in [0.1, 0.15) is 15.9 Å². The topological polar surface area (TPSA) is 53.0 Å². The number of carbonyl (C=O) groups excluding carboxylic acids is 1. The Morgan fingerprint density at radius 3 is 2.42 bits per heavy atom. The monoisotopic (exact) mass is 326 g/mol. The average molecular weight is 326 g/mol. The lowest BCUT2D eigenvalue weighted by Crippen LogP contribution is -2.48. The van der Waals surface area contributed by atoms with Crippen LogP contribution in [0.15, 0.2) is 48.5 Å². The SMILES string of the molecule is COc1cccc(C(=O)N2CCN(Cc3ccccc3)CC2)c1O. The van der Waals surface area contributed by atoms with Crippen molar-refractivity contribution in [3.05, 3.63) is 59.7 Å². The lowest BCUT2D eigenvalue weighted by atomic mass is 10.1. The number of carbonyl (C=O) groups is 1. The summed E-state index contributed by atoms with van der Waals surface area (Å²) in [6.45, 7) is 3.86. The van der Waals surface area contributed by atoms with Gasteiger partial charge in [0.25, 0.3) is 5.91 Å². The first-order valence-electron chi connectivity index (χ1n) is 8.10. The Morgan fingerprint density at radius 2 is 1.75 bits per heavy atom. The predicted molar refractivity (Wildman–Crippen MR) is 92.3 cm³/mol. The van der Waals surface area contributed by atoms with Gasteiger partial charge in [-0.3, -0.25) is 9.69 Å². The lowest BCUT2D eigenvalue weighted by Gasteiger charge is -2.35. The van der Waals surface area contributed by atoms with Gasteiger partial charge in [0.2, 0.25) is 0 Å². The second kappa shape index (κ2) is 7.36. The highest BCUT2D eigenvalue weighted by molar-refractivity contribution is 5.97. The highest BCUT2D eigenvalue weighted by Crippen LogP contribution is 2.30. The zero-order chi connectivity index (χ0) is 16.9. The van der Waals surface area contributed by atoms with Gasteiger partial charge in [-0.25, -0.2) is 0 Å². The summed E-state index contributed by atoms with van der Waals surface area (Å²) in [5.74, 6) is 0.0889. The minimum absolute atomic E-state index is 0.0864. The van der Waals surface area contributed by atoms with Crippen LogP contribution in [0.3, 0.4) is 0 Å². The molecule has 5 nitrogen and oxygen atoms in total. The first-order chi connectivity index (χ1) is 11.7. The highest BCUT2D eigenvalue weighted by atomic mass is 16.5. The van der Waals surface area contributed by atoms with Gasteiger partial charge in [-0.15, -0.1) is 0 Å². The number of rotatable bonds is 4. The molecule has 0 aromatic heterocycles. The molecule has 5 heteroatoms. The molecule has 0 spiro atoms. The van der Waals surface area contributed by atoms with Gasteiger partial charge in [-0.1, -0.05) is 36.4 Å². The summed E-state index contributed by atoms with van der Waals surface area (Å²) in [6, 6.07) is 15.3. The molecule has 0 atom stereocenters. The van der Waals surface area contributed by atoms with Crippen molar-refractivity contribution < 1.29 is 14.6 Å². The van der Waals surface area contributed by atoms with Crippen LogP contribution in [-0.4, -0.2) is 54.1 Å². The van der Waals surface area contributed by atoms with Crippen LogP contribution in [0.4, 0.5) is 0 Å². The van der Waals surface area contributed by atoms with Gasteiger partial charge in [-0.2, -0.15) is 0 Å². The smallest absolute Gasteiger partial charge is 0.257 e. The summed E-state index contributed by atoms with van der Waals surface area (Å²) >= 11 is 0. The molecule has 1 fully saturated rings. The van der Waals surface area contributed by atoms with E-state index in [0.717, 1.165) is 19.6 Å². The van der Waals surface area contributed by atoms with Gasteiger partial charge in [0.15, 0.2) is 11.5 Å². The second-order valence-corrected chi connectivity index (χ2v) is 5.91. The number of amides is 1. The van der Waals surface area contributed by atoms with E-state index < -0.39 is 0 Å². The normalized spacial score (nSPS) is 15.3. The minimum Gasteiger partial charge on any atom is -0.504 e. The van der Waals surface area contributed by atoms with Crippen molar-refractivity contribution in [1.29, 1.82) is 0 Å². The number of nitrogens with zero attached hydrogens (tertiary/aromatic N) is 2. The molecule has 126 valence electrons. The molecule has 0 bridgehead atoms. The third kappa shape index (κ3) is 3.51. The van der Waals surface area contributed by atoms with Gasteiger partial charge >= 0.3 is 0 Å². The standard InChI is InChI=1S/C19H22N2O3/c1-24-17-9-5-8-16(18(17)22)19(23)21-12-10-20(11-13-21)14-15-6-3-2-4-7-15/h2-9,22H,10-14H2,1H3. The Morgan fingerprint density at radius 1 is 1.04 bits per heavy atom. The molecule has 24 heavy (non-hydrogen) atoms. The van der Waals surface area contributed by atoms with Crippen molar-refractivity contribution in [2.75, 3.05) is 33.3 Å². The molecule has 1 aliphatic rings. The molecule has 2 aromatic rings. The molecule has 3 rings (SSSR count). The average Bonchev–Trinajstić information content (AvgIpc) is 2.63.